The Morgan fingerprint density at radius 2 is 2.10 bits per heavy atom. The van der Waals surface area contributed by atoms with Crippen molar-refractivity contribution in [2.45, 2.75) is 26.8 Å². The topological polar surface area (TPSA) is 45.4 Å². The van der Waals surface area contributed by atoms with Gasteiger partial charge in [0.2, 0.25) is 0 Å². The molecule has 0 radical (unpaired) electrons. The second-order valence-electron chi connectivity index (χ2n) is 5.98. The lowest BCUT2D eigenvalue weighted by Gasteiger charge is -2.41. The average Bonchev–Trinajstić information content (AvgIpc) is 2.47. The molecule has 1 fully saturated rings. The summed E-state index contributed by atoms with van der Waals surface area (Å²) in [4.78, 5) is 9.64. The van der Waals surface area contributed by atoms with Gasteiger partial charge in [-0.25, -0.2) is 0 Å². The van der Waals surface area contributed by atoms with Gasteiger partial charge in [0.15, 0.2) is 0 Å². The van der Waals surface area contributed by atoms with Crippen molar-refractivity contribution >= 4 is 22.3 Å². The molecule has 0 aliphatic carbocycles. The first-order chi connectivity index (χ1) is 10.1. The summed E-state index contributed by atoms with van der Waals surface area (Å²) in [5.74, 6) is 0. The van der Waals surface area contributed by atoms with Gasteiger partial charge in [-0.05, 0) is 44.7 Å². The Labute approximate surface area is 126 Å². The molecule has 1 aliphatic heterocycles. The second kappa shape index (κ2) is 5.53. The second-order valence-corrected chi connectivity index (χ2v) is 5.98. The zero-order chi connectivity index (χ0) is 15.0. The van der Waals surface area contributed by atoms with E-state index in [1.165, 1.54) is 5.69 Å². The van der Waals surface area contributed by atoms with E-state index < -0.39 is 0 Å². The lowest BCUT2D eigenvalue weighted by molar-refractivity contribution is 0.199. The highest BCUT2D eigenvalue weighted by molar-refractivity contribution is 5.94. The van der Waals surface area contributed by atoms with Crippen molar-refractivity contribution in [3.63, 3.8) is 0 Å². The monoisotopic (exact) mass is 284 g/mol. The first kappa shape index (κ1) is 14.1. The third-order valence-electron chi connectivity index (χ3n) is 4.45. The van der Waals surface area contributed by atoms with Gasteiger partial charge in [0.1, 0.15) is 0 Å². The van der Waals surface area contributed by atoms with Gasteiger partial charge in [-0.15, -0.1) is 0 Å². The summed E-state index contributed by atoms with van der Waals surface area (Å²) in [6.07, 6.45) is 0. The fourth-order valence-electron chi connectivity index (χ4n) is 3.30. The van der Waals surface area contributed by atoms with Crippen LogP contribution in [0.5, 0.6) is 0 Å². The molecule has 1 aromatic heterocycles. The van der Waals surface area contributed by atoms with Crippen molar-refractivity contribution in [2.24, 2.45) is 0 Å². The molecule has 3 rings (SSSR count). The minimum atomic E-state index is 0.577. The van der Waals surface area contributed by atoms with Gasteiger partial charge in [0, 0.05) is 48.1 Å². The maximum Gasteiger partial charge on any atom is 0.0727 e. The highest BCUT2D eigenvalue weighted by atomic mass is 15.3. The highest BCUT2D eigenvalue weighted by Crippen LogP contribution is 2.30. The Bertz CT molecular complexity index is 653. The Balaban J connectivity index is 2.02. The van der Waals surface area contributed by atoms with E-state index in [1.54, 1.807) is 0 Å². The fourth-order valence-corrected chi connectivity index (χ4v) is 3.30. The molecule has 4 nitrogen and oxygen atoms in total. The number of piperazine rings is 1. The number of nitrogens with zero attached hydrogens (tertiary/aromatic N) is 3. The molecule has 112 valence electrons. The van der Waals surface area contributed by atoms with Crippen LogP contribution in [0.4, 0.5) is 11.4 Å². The molecule has 4 heteroatoms. The average molecular weight is 284 g/mol. The predicted molar refractivity (Wildman–Crippen MR) is 89.8 cm³/mol. The highest BCUT2D eigenvalue weighted by Gasteiger charge is 2.23. The number of hydrogen-bond acceptors (Lipinski definition) is 4. The summed E-state index contributed by atoms with van der Waals surface area (Å²) in [6, 6.07) is 8.76. The van der Waals surface area contributed by atoms with Crippen LogP contribution in [0.3, 0.4) is 0 Å². The quantitative estimate of drug-likeness (QED) is 0.861. The maximum absolute atomic E-state index is 5.98. The standard InChI is InChI=1S/C17H24N4/c1-4-20-7-8-21(11-13(20)3)17-9-12(2)19-16-6-5-14(18)10-15(16)17/h5-6,9-10,13H,4,7-8,11,18H2,1-3H3. The predicted octanol–water partition coefficient (Wildman–Crippen LogP) is 2.66. The normalized spacial score (nSPS) is 20.1. The zero-order valence-corrected chi connectivity index (χ0v) is 13.1. The summed E-state index contributed by atoms with van der Waals surface area (Å²) in [7, 11) is 0. The summed E-state index contributed by atoms with van der Waals surface area (Å²) >= 11 is 0. The van der Waals surface area contributed by atoms with Crippen LogP contribution in [0.2, 0.25) is 0 Å². The SMILES string of the molecule is CCN1CCN(c2cc(C)nc3ccc(N)cc23)CC1C. The molecule has 1 unspecified atom stereocenters. The third kappa shape index (κ3) is 2.68. The first-order valence-corrected chi connectivity index (χ1v) is 7.74. The molecule has 0 saturated carbocycles. The van der Waals surface area contributed by atoms with Crippen molar-refractivity contribution < 1.29 is 0 Å². The van der Waals surface area contributed by atoms with E-state index in [-0.39, 0.29) is 0 Å². The Morgan fingerprint density at radius 1 is 1.29 bits per heavy atom. The van der Waals surface area contributed by atoms with Crippen LogP contribution in [0.1, 0.15) is 19.5 Å². The number of aryl methyl sites for hydroxylation is 1. The first-order valence-electron chi connectivity index (χ1n) is 7.74. The molecule has 0 bridgehead atoms. The number of benzene rings is 1. The molecule has 2 aromatic rings. The molecule has 1 aromatic carbocycles. The van der Waals surface area contributed by atoms with Crippen molar-refractivity contribution in [1.82, 2.24) is 9.88 Å². The lowest BCUT2D eigenvalue weighted by atomic mass is 10.1. The molecule has 0 amide bonds. The molecular weight excluding hydrogens is 260 g/mol. The van der Waals surface area contributed by atoms with Gasteiger partial charge in [-0.3, -0.25) is 9.88 Å². The molecule has 1 atom stereocenters. The van der Waals surface area contributed by atoms with Gasteiger partial charge >= 0.3 is 0 Å². The van der Waals surface area contributed by atoms with Gasteiger partial charge < -0.3 is 10.6 Å². The van der Waals surface area contributed by atoms with Crippen LogP contribution >= 0.6 is 0 Å². The molecule has 0 spiro atoms. The van der Waals surface area contributed by atoms with Crippen LogP contribution in [-0.4, -0.2) is 42.1 Å². The Hall–Kier alpha value is -1.81. The number of fused-ring (bicyclic) bond motifs is 1. The van der Waals surface area contributed by atoms with E-state index >= 15 is 0 Å². The summed E-state index contributed by atoms with van der Waals surface area (Å²) in [6.45, 7) is 11.0. The van der Waals surface area contributed by atoms with E-state index in [0.717, 1.165) is 48.5 Å². The number of pyridine rings is 1. The van der Waals surface area contributed by atoms with E-state index in [0.29, 0.717) is 6.04 Å². The molecule has 2 N–H and O–H groups in total. The fraction of sp³-hybridized carbons (Fsp3) is 0.471. The van der Waals surface area contributed by atoms with Crippen LogP contribution < -0.4 is 10.6 Å². The Morgan fingerprint density at radius 3 is 2.81 bits per heavy atom. The molecule has 2 heterocycles. The Kier molecular flexibility index (Phi) is 3.72. The smallest absolute Gasteiger partial charge is 0.0727 e. The molecular formula is C17H24N4. The van der Waals surface area contributed by atoms with Gasteiger partial charge in [-0.2, -0.15) is 0 Å². The number of likely N-dealkylation sites (N-methyl/N-ethyl adjacent to an activating group) is 1. The van der Waals surface area contributed by atoms with E-state index in [1.807, 2.05) is 18.2 Å². The maximum atomic E-state index is 5.98. The van der Waals surface area contributed by atoms with E-state index in [2.05, 4.69) is 41.6 Å². The summed E-state index contributed by atoms with van der Waals surface area (Å²) in [5.41, 5.74) is 10.1. The van der Waals surface area contributed by atoms with Crippen LogP contribution in [0.25, 0.3) is 10.9 Å². The number of nitrogen functional groups attached to an aromatic ring is 1. The van der Waals surface area contributed by atoms with E-state index in [9.17, 15) is 0 Å². The van der Waals surface area contributed by atoms with Crippen LogP contribution in [-0.2, 0) is 0 Å². The van der Waals surface area contributed by atoms with E-state index in [4.69, 9.17) is 5.73 Å². The molecule has 1 aliphatic rings. The molecule has 1 saturated heterocycles. The number of hydrogen-bond donors (Lipinski definition) is 1. The van der Waals surface area contributed by atoms with Crippen molar-refractivity contribution in [3.05, 3.63) is 30.0 Å². The van der Waals surface area contributed by atoms with Gasteiger partial charge in [-0.1, -0.05) is 6.92 Å². The summed E-state index contributed by atoms with van der Waals surface area (Å²) < 4.78 is 0. The number of anilines is 2. The minimum Gasteiger partial charge on any atom is -0.399 e. The van der Waals surface area contributed by atoms with Gasteiger partial charge in [0.25, 0.3) is 0 Å². The van der Waals surface area contributed by atoms with Crippen LogP contribution in [0.15, 0.2) is 24.3 Å². The summed E-state index contributed by atoms with van der Waals surface area (Å²) in [5, 5.41) is 1.16. The number of nitrogens with two attached hydrogens (primary N) is 1. The number of rotatable bonds is 2. The largest absolute Gasteiger partial charge is 0.399 e. The van der Waals surface area contributed by atoms with Gasteiger partial charge in [0.05, 0.1) is 5.52 Å². The lowest BCUT2D eigenvalue weighted by Crippen LogP contribution is -2.51. The van der Waals surface area contributed by atoms with Crippen molar-refractivity contribution in [1.29, 1.82) is 0 Å². The molecule has 21 heavy (non-hydrogen) atoms. The van der Waals surface area contributed by atoms with Crippen molar-refractivity contribution in [3.8, 4) is 0 Å². The number of aromatic nitrogens is 1. The third-order valence-corrected chi connectivity index (χ3v) is 4.45. The van der Waals surface area contributed by atoms with Crippen molar-refractivity contribution in [2.75, 3.05) is 36.8 Å². The minimum absolute atomic E-state index is 0.577. The van der Waals surface area contributed by atoms with Crippen LogP contribution in [0, 0.1) is 6.92 Å². The zero-order valence-electron chi connectivity index (χ0n) is 13.1.